The van der Waals surface area contributed by atoms with Gasteiger partial charge in [-0.3, -0.25) is 9.69 Å². The second-order valence-electron chi connectivity index (χ2n) is 5.69. The molecule has 0 unspecified atom stereocenters. The normalized spacial score (nSPS) is 17.1. The SMILES string of the molecule is CCN(Cc1ccco1)C(=O)C(C)(C)N1CCNCC1. The summed E-state index contributed by atoms with van der Waals surface area (Å²) in [5.74, 6) is 0.995. The van der Waals surface area contributed by atoms with Crippen molar-refractivity contribution in [1.29, 1.82) is 0 Å². The Hall–Kier alpha value is -1.33. The van der Waals surface area contributed by atoms with E-state index in [2.05, 4.69) is 10.2 Å². The molecule has 1 amide bonds. The molecule has 1 N–H and O–H groups in total. The fraction of sp³-hybridized carbons (Fsp3) is 0.667. The van der Waals surface area contributed by atoms with Crippen LogP contribution >= 0.6 is 0 Å². The van der Waals surface area contributed by atoms with Crippen molar-refractivity contribution in [2.45, 2.75) is 32.9 Å². The molecule has 2 heterocycles. The Bertz CT molecular complexity index is 422. The molecule has 2 rings (SSSR count). The lowest BCUT2D eigenvalue weighted by Crippen LogP contribution is -2.60. The van der Waals surface area contributed by atoms with Crippen molar-refractivity contribution >= 4 is 5.91 Å². The second kappa shape index (κ2) is 6.41. The van der Waals surface area contributed by atoms with E-state index in [1.807, 2.05) is 37.8 Å². The van der Waals surface area contributed by atoms with Gasteiger partial charge in [0.15, 0.2) is 0 Å². The van der Waals surface area contributed by atoms with Gasteiger partial charge in [-0.05, 0) is 32.9 Å². The summed E-state index contributed by atoms with van der Waals surface area (Å²) < 4.78 is 5.36. The average Bonchev–Trinajstić information content (AvgIpc) is 2.98. The molecule has 1 fully saturated rings. The highest BCUT2D eigenvalue weighted by Gasteiger charge is 2.37. The first-order valence-corrected chi connectivity index (χ1v) is 7.33. The van der Waals surface area contributed by atoms with Crippen LogP contribution < -0.4 is 5.32 Å². The van der Waals surface area contributed by atoms with Gasteiger partial charge in [-0.25, -0.2) is 0 Å². The van der Waals surface area contributed by atoms with Gasteiger partial charge in [-0.1, -0.05) is 0 Å². The first kappa shape index (κ1) is 15.1. The molecule has 1 aromatic rings. The predicted molar refractivity (Wildman–Crippen MR) is 78.3 cm³/mol. The zero-order valence-corrected chi connectivity index (χ0v) is 12.7. The number of nitrogens with one attached hydrogen (secondary N) is 1. The van der Waals surface area contributed by atoms with Gasteiger partial charge < -0.3 is 14.6 Å². The van der Waals surface area contributed by atoms with Crippen LogP contribution in [-0.4, -0.2) is 54.0 Å². The zero-order chi connectivity index (χ0) is 14.6. The third-order valence-electron chi connectivity index (χ3n) is 4.03. The maximum Gasteiger partial charge on any atom is 0.242 e. The Morgan fingerprint density at radius 2 is 2.15 bits per heavy atom. The maximum absolute atomic E-state index is 12.8. The van der Waals surface area contributed by atoms with Crippen molar-refractivity contribution in [2.75, 3.05) is 32.7 Å². The molecule has 1 aromatic heterocycles. The smallest absolute Gasteiger partial charge is 0.242 e. The van der Waals surface area contributed by atoms with E-state index in [4.69, 9.17) is 4.42 Å². The first-order valence-electron chi connectivity index (χ1n) is 7.33. The number of rotatable bonds is 5. The highest BCUT2D eigenvalue weighted by Crippen LogP contribution is 2.20. The van der Waals surface area contributed by atoms with Crippen LogP contribution in [0.5, 0.6) is 0 Å². The topological polar surface area (TPSA) is 48.7 Å². The third-order valence-corrected chi connectivity index (χ3v) is 4.03. The van der Waals surface area contributed by atoms with Gasteiger partial charge in [0.2, 0.25) is 5.91 Å². The molecule has 1 aliphatic heterocycles. The summed E-state index contributed by atoms with van der Waals surface area (Å²) in [6, 6.07) is 3.77. The maximum atomic E-state index is 12.8. The number of amides is 1. The molecule has 0 bridgehead atoms. The van der Waals surface area contributed by atoms with E-state index >= 15 is 0 Å². The summed E-state index contributed by atoms with van der Waals surface area (Å²) in [5.41, 5.74) is -0.468. The van der Waals surface area contributed by atoms with Crippen LogP contribution in [0.2, 0.25) is 0 Å². The number of carbonyl (C=O) groups excluding carboxylic acids is 1. The Morgan fingerprint density at radius 1 is 1.45 bits per heavy atom. The fourth-order valence-corrected chi connectivity index (χ4v) is 2.66. The third kappa shape index (κ3) is 3.22. The lowest BCUT2D eigenvalue weighted by atomic mass is 9.99. The zero-order valence-electron chi connectivity index (χ0n) is 12.7. The van der Waals surface area contributed by atoms with Crippen molar-refractivity contribution in [3.8, 4) is 0 Å². The minimum atomic E-state index is -0.468. The lowest BCUT2D eigenvalue weighted by molar-refractivity contribution is -0.143. The molecule has 112 valence electrons. The van der Waals surface area contributed by atoms with E-state index < -0.39 is 5.54 Å². The summed E-state index contributed by atoms with van der Waals surface area (Å²) in [7, 11) is 0. The standard InChI is InChI=1S/C15H25N3O2/c1-4-17(12-13-6-5-11-20-13)14(19)15(2,3)18-9-7-16-8-10-18/h5-6,11,16H,4,7-10,12H2,1-3H3. The van der Waals surface area contributed by atoms with Gasteiger partial charge >= 0.3 is 0 Å². The van der Waals surface area contributed by atoms with Gasteiger partial charge in [0.25, 0.3) is 0 Å². The number of nitrogens with zero attached hydrogens (tertiary/aromatic N) is 2. The van der Waals surface area contributed by atoms with Gasteiger partial charge in [-0.2, -0.15) is 0 Å². The Morgan fingerprint density at radius 3 is 2.70 bits per heavy atom. The number of likely N-dealkylation sites (N-methyl/N-ethyl adjacent to an activating group) is 1. The van der Waals surface area contributed by atoms with Crippen molar-refractivity contribution in [3.05, 3.63) is 24.2 Å². The molecular weight excluding hydrogens is 254 g/mol. The number of furan rings is 1. The number of piperazine rings is 1. The highest BCUT2D eigenvalue weighted by molar-refractivity contribution is 5.85. The van der Waals surface area contributed by atoms with E-state index in [9.17, 15) is 4.79 Å². The Labute approximate surface area is 120 Å². The minimum Gasteiger partial charge on any atom is -0.467 e. The molecule has 0 aromatic carbocycles. The molecule has 20 heavy (non-hydrogen) atoms. The van der Waals surface area contributed by atoms with Gasteiger partial charge in [0.05, 0.1) is 18.3 Å². The Balaban J connectivity index is 2.05. The van der Waals surface area contributed by atoms with Crippen molar-refractivity contribution in [2.24, 2.45) is 0 Å². The molecule has 1 saturated heterocycles. The Kier molecular flexibility index (Phi) is 4.83. The van der Waals surface area contributed by atoms with Crippen LogP contribution in [0.25, 0.3) is 0 Å². The lowest BCUT2D eigenvalue weighted by Gasteiger charge is -2.42. The molecule has 1 aliphatic rings. The monoisotopic (exact) mass is 279 g/mol. The minimum absolute atomic E-state index is 0.165. The van der Waals surface area contributed by atoms with Gasteiger partial charge in [0, 0.05) is 32.7 Å². The van der Waals surface area contributed by atoms with Crippen molar-refractivity contribution in [3.63, 3.8) is 0 Å². The van der Waals surface area contributed by atoms with Crippen LogP contribution in [0.15, 0.2) is 22.8 Å². The number of hydrogen-bond donors (Lipinski definition) is 1. The van der Waals surface area contributed by atoms with E-state index in [0.717, 1.165) is 31.9 Å². The molecule has 0 saturated carbocycles. The van der Waals surface area contributed by atoms with E-state index in [1.165, 1.54) is 0 Å². The summed E-state index contributed by atoms with van der Waals surface area (Å²) in [4.78, 5) is 17.0. The van der Waals surface area contributed by atoms with E-state index in [0.29, 0.717) is 13.1 Å². The van der Waals surface area contributed by atoms with Crippen LogP contribution in [0.1, 0.15) is 26.5 Å². The second-order valence-corrected chi connectivity index (χ2v) is 5.69. The first-order chi connectivity index (χ1) is 9.55. The molecule has 0 atom stereocenters. The molecule has 0 spiro atoms. The molecular formula is C15H25N3O2. The summed E-state index contributed by atoms with van der Waals surface area (Å²) in [6.07, 6.45) is 1.65. The quantitative estimate of drug-likeness (QED) is 0.883. The van der Waals surface area contributed by atoms with Crippen molar-refractivity contribution < 1.29 is 9.21 Å². The molecule has 5 heteroatoms. The number of hydrogen-bond acceptors (Lipinski definition) is 4. The van der Waals surface area contributed by atoms with Crippen LogP contribution in [0.4, 0.5) is 0 Å². The summed E-state index contributed by atoms with van der Waals surface area (Å²) in [5, 5.41) is 3.32. The summed E-state index contributed by atoms with van der Waals surface area (Å²) >= 11 is 0. The van der Waals surface area contributed by atoms with Gasteiger partial charge in [-0.15, -0.1) is 0 Å². The predicted octanol–water partition coefficient (Wildman–Crippen LogP) is 1.31. The van der Waals surface area contributed by atoms with Crippen LogP contribution in [0.3, 0.4) is 0 Å². The molecule has 0 radical (unpaired) electrons. The number of carbonyl (C=O) groups is 1. The molecule has 5 nitrogen and oxygen atoms in total. The average molecular weight is 279 g/mol. The fourth-order valence-electron chi connectivity index (χ4n) is 2.66. The summed E-state index contributed by atoms with van der Waals surface area (Å²) in [6.45, 7) is 11.0. The van der Waals surface area contributed by atoms with E-state index in [1.54, 1.807) is 6.26 Å². The van der Waals surface area contributed by atoms with Crippen molar-refractivity contribution in [1.82, 2.24) is 15.1 Å². The molecule has 0 aliphatic carbocycles. The van der Waals surface area contributed by atoms with Crippen LogP contribution in [-0.2, 0) is 11.3 Å². The van der Waals surface area contributed by atoms with Crippen LogP contribution in [0, 0.1) is 0 Å². The van der Waals surface area contributed by atoms with Gasteiger partial charge in [0.1, 0.15) is 5.76 Å². The largest absolute Gasteiger partial charge is 0.467 e. The highest BCUT2D eigenvalue weighted by atomic mass is 16.3. The van der Waals surface area contributed by atoms with E-state index in [-0.39, 0.29) is 5.91 Å².